The number of nitrogens with two attached hydrogens (primary N) is 1. The lowest BCUT2D eigenvalue weighted by atomic mass is 10.0. The minimum Gasteiger partial charge on any atom is -0.380 e. The predicted molar refractivity (Wildman–Crippen MR) is 171 cm³/mol. The molecule has 1 atom stereocenters. The molecule has 230 valence electrons. The molecule has 0 bridgehead atoms. The van der Waals surface area contributed by atoms with Crippen LogP contribution in [0.25, 0.3) is 10.2 Å². The average molecular weight is 646 g/mol. The summed E-state index contributed by atoms with van der Waals surface area (Å²) in [7, 11) is -3.22. The smallest absolute Gasteiger partial charge is 0.332 e. The van der Waals surface area contributed by atoms with Crippen molar-refractivity contribution in [3.05, 3.63) is 107 Å². The number of benzene rings is 3. The van der Waals surface area contributed by atoms with E-state index in [0.717, 1.165) is 14.9 Å². The lowest BCUT2D eigenvalue weighted by Gasteiger charge is -2.27. The minimum atomic E-state index is -3.22. The third-order valence-corrected chi connectivity index (χ3v) is 8.53. The van der Waals surface area contributed by atoms with Crippen LogP contribution in [0.3, 0.4) is 0 Å². The molecule has 5 aromatic rings. The average Bonchev–Trinajstić information content (AvgIpc) is 3.68. The second-order valence-corrected chi connectivity index (χ2v) is 11.7. The minimum absolute atomic E-state index is 0.0232. The fourth-order valence-electron chi connectivity index (χ4n) is 4.59. The number of hydrogen-bond acceptors (Lipinski definition) is 10. The molecule has 1 unspecified atom stereocenters. The van der Waals surface area contributed by atoms with Crippen molar-refractivity contribution in [2.24, 2.45) is 10.9 Å². The Labute approximate surface area is 263 Å². The number of anilines is 2. The number of nitrogens with zero attached hydrogens (tertiary/aromatic N) is 5. The molecule has 2 aromatic heterocycles. The molecule has 3 aromatic carbocycles. The van der Waals surface area contributed by atoms with Crippen LogP contribution in [0.5, 0.6) is 0 Å². The van der Waals surface area contributed by atoms with E-state index in [1.165, 1.54) is 47.8 Å². The lowest BCUT2D eigenvalue weighted by Crippen LogP contribution is -2.29. The molecule has 0 fully saturated rings. The Hall–Kier alpha value is -5.41. The van der Waals surface area contributed by atoms with Crippen molar-refractivity contribution in [1.82, 2.24) is 14.8 Å². The van der Waals surface area contributed by atoms with E-state index in [2.05, 4.69) is 20.4 Å². The summed E-state index contributed by atoms with van der Waals surface area (Å²) >= 11 is 1.37. The zero-order valence-electron chi connectivity index (χ0n) is 24.0. The van der Waals surface area contributed by atoms with Gasteiger partial charge in [0.25, 0.3) is 5.91 Å². The van der Waals surface area contributed by atoms with Gasteiger partial charge in [-0.05, 0) is 48.0 Å². The highest BCUT2D eigenvalue weighted by Crippen LogP contribution is 2.36. The number of fused-ring (bicyclic) bond motifs is 1. The Morgan fingerprint density at radius 3 is 2.56 bits per heavy atom. The van der Waals surface area contributed by atoms with Crippen LogP contribution >= 0.6 is 11.3 Å². The van der Waals surface area contributed by atoms with Crippen molar-refractivity contribution in [3.63, 3.8) is 0 Å². The number of aromatic nitrogens is 3. The first kappa shape index (κ1) is 31.0. The standard InChI is InChI=1S/C30H27N7O6S2/c1-18(38)36-25(13-14-32-36)29(40)33-22-9-6-10-23(17-22)37(45(41)42)26(30-34-24-11-3-4-12-27(24)44-30)16-20-7-5-8-21(15-20)28(31)35-43-19(2)39/h3-15,17,26,45H,16H2,1-2H3,(H2,31,35)(H,33,40). The van der Waals surface area contributed by atoms with Crippen LogP contribution in [-0.2, 0) is 26.9 Å². The predicted octanol–water partition coefficient (Wildman–Crippen LogP) is 3.91. The van der Waals surface area contributed by atoms with Gasteiger partial charge in [0, 0.05) is 31.5 Å². The van der Waals surface area contributed by atoms with Crippen LogP contribution in [0, 0.1) is 0 Å². The molecule has 2 heterocycles. The highest BCUT2D eigenvalue weighted by molar-refractivity contribution is 7.74. The largest absolute Gasteiger partial charge is 0.380 e. The van der Waals surface area contributed by atoms with Gasteiger partial charge in [-0.2, -0.15) is 9.78 Å². The van der Waals surface area contributed by atoms with Crippen LogP contribution in [0.15, 0.2) is 90.2 Å². The number of amides is 1. The van der Waals surface area contributed by atoms with Gasteiger partial charge in [0.2, 0.25) is 16.8 Å². The summed E-state index contributed by atoms with van der Waals surface area (Å²) in [6.07, 6.45) is 1.52. The van der Waals surface area contributed by atoms with Gasteiger partial charge < -0.3 is 15.9 Å². The Bertz CT molecular complexity index is 1980. The number of oxime groups is 1. The molecule has 15 heteroatoms. The van der Waals surface area contributed by atoms with Gasteiger partial charge in [0.1, 0.15) is 16.7 Å². The van der Waals surface area contributed by atoms with Gasteiger partial charge in [-0.15, -0.1) is 11.3 Å². The molecule has 0 aliphatic heterocycles. The number of thiazole rings is 1. The van der Waals surface area contributed by atoms with Crippen molar-refractivity contribution < 1.29 is 27.6 Å². The maximum absolute atomic E-state index is 13.0. The summed E-state index contributed by atoms with van der Waals surface area (Å²) in [5.41, 5.74) is 8.53. The highest BCUT2D eigenvalue weighted by Gasteiger charge is 2.28. The first-order valence-corrected chi connectivity index (χ1v) is 15.4. The van der Waals surface area contributed by atoms with E-state index in [1.54, 1.807) is 36.4 Å². The Kier molecular flexibility index (Phi) is 9.30. The number of thiol groups is 1. The second-order valence-electron chi connectivity index (χ2n) is 9.73. The summed E-state index contributed by atoms with van der Waals surface area (Å²) in [5, 5.41) is 10.8. The Morgan fingerprint density at radius 1 is 1.04 bits per heavy atom. The fraction of sp³-hybridized carbons (Fsp3) is 0.133. The number of hydrogen-bond donors (Lipinski definition) is 3. The fourth-order valence-corrected chi connectivity index (χ4v) is 6.46. The maximum atomic E-state index is 13.0. The number of carbonyl (C=O) groups is 3. The molecule has 0 aliphatic rings. The molecule has 3 N–H and O–H groups in total. The van der Waals surface area contributed by atoms with Gasteiger partial charge in [-0.3, -0.25) is 13.9 Å². The van der Waals surface area contributed by atoms with E-state index in [1.807, 2.05) is 30.3 Å². The van der Waals surface area contributed by atoms with Crippen molar-refractivity contribution in [1.29, 1.82) is 0 Å². The molecule has 5 rings (SSSR count). The number of nitrogens with one attached hydrogen (secondary N) is 1. The highest BCUT2D eigenvalue weighted by atomic mass is 32.2. The topological polar surface area (TPSA) is 179 Å². The molecule has 0 saturated carbocycles. The molecule has 1 amide bonds. The normalized spacial score (nSPS) is 12.2. The third-order valence-electron chi connectivity index (χ3n) is 6.53. The van der Waals surface area contributed by atoms with Crippen molar-refractivity contribution in [2.75, 3.05) is 9.62 Å². The third kappa shape index (κ3) is 7.22. The number of carbonyl (C=O) groups excluding carboxylic acids is 3. The van der Waals surface area contributed by atoms with E-state index in [0.29, 0.717) is 21.8 Å². The van der Waals surface area contributed by atoms with E-state index < -0.39 is 34.7 Å². The quantitative estimate of drug-likeness (QED) is 0.0668. The van der Waals surface area contributed by atoms with Gasteiger partial charge in [0.05, 0.1) is 22.1 Å². The summed E-state index contributed by atoms with van der Waals surface area (Å²) in [6.45, 7) is 2.49. The van der Waals surface area contributed by atoms with Crippen LogP contribution < -0.4 is 15.4 Å². The van der Waals surface area contributed by atoms with E-state index in [4.69, 9.17) is 10.7 Å². The molecule has 0 saturated heterocycles. The van der Waals surface area contributed by atoms with Gasteiger partial charge >= 0.3 is 5.97 Å². The number of para-hydroxylation sites is 1. The number of rotatable bonds is 10. The summed E-state index contributed by atoms with van der Waals surface area (Å²) in [5.74, 6) is -1.67. The molecular formula is C30H27N7O6S2. The van der Waals surface area contributed by atoms with E-state index >= 15 is 0 Å². The van der Waals surface area contributed by atoms with E-state index in [-0.39, 0.29) is 23.6 Å². The molecule has 13 nitrogen and oxygen atoms in total. The zero-order valence-corrected chi connectivity index (χ0v) is 25.7. The summed E-state index contributed by atoms with van der Waals surface area (Å²) < 4.78 is 29.1. The lowest BCUT2D eigenvalue weighted by molar-refractivity contribution is -0.140. The molecule has 45 heavy (non-hydrogen) atoms. The molecule has 0 aliphatic carbocycles. The van der Waals surface area contributed by atoms with Crippen LogP contribution in [0.4, 0.5) is 11.4 Å². The maximum Gasteiger partial charge on any atom is 0.332 e. The van der Waals surface area contributed by atoms with Crippen molar-refractivity contribution in [2.45, 2.75) is 26.3 Å². The molecule has 0 radical (unpaired) electrons. The van der Waals surface area contributed by atoms with Crippen LogP contribution in [0.2, 0.25) is 0 Å². The van der Waals surface area contributed by atoms with Crippen molar-refractivity contribution >= 4 is 67.4 Å². The van der Waals surface area contributed by atoms with Crippen LogP contribution in [0.1, 0.15) is 51.3 Å². The van der Waals surface area contributed by atoms with Crippen LogP contribution in [-0.4, -0.2) is 46.8 Å². The number of amidine groups is 1. The Morgan fingerprint density at radius 2 is 1.82 bits per heavy atom. The second kappa shape index (κ2) is 13.5. The summed E-state index contributed by atoms with van der Waals surface area (Å²) in [4.78, 5) is 45.4. The Balaban J connectivity index is 1.53. The van der Waals surface area contributed by atoms with Gasteiger partial charge in [-0.25, -0.2) is 18.2 Å². The van der Waals surface area contributed by atoms with Gasteiger partial charge in [0.15, 0.2) is 5.84 Å². The van der Waals surface area contributed by atoms with Crippen molar-refractivity contribution in [3.8, 4) is 0 Å². The monoisotopic (exact) mass is 645 g/mol. The molecule has 0 spiro atoms. The first-order chi connectivity index (χ1) is 21.6. The SMILES string of the molecule is CC(=O)O/N=C(/N)c1cccc(CC(c2nc3ccccc3s2)N(c2cccc(NC(=O)c3ccnn3C(C)=O)c2)[SH](=O)=O)c1. The zero-order chi connectivity index (χ0) is 32.1. The molecular weight excluding hydrogens is 619 g/mol. The first-order valence-electron chi connectivity index (χ1n) is 13.5. The summed E-state index contributed by atoms with van der Waals surface area (Å²) in [6, 6.07) is 21.4. The van der Waals surface area contributed by atoms with Gasteiger partial charge in [-0.1, -0.05) is 41.6 Å². The van der Waals surface area contributed by atoms with E-state index in [9.17, 15) is 22.8 Å².